The highest BCUT2D eigenvalue weighted by atomic mass is 32.2. The predicted molar refractivity (Wildman–Crippen MR) is 172 cm³/mol. The second-order valence-electron chi connectivity index (χ2n) is 11.0. The van der Waals surface area contributed by atoms with Gasteiger partial charge in [0.1, 0.15) is 39.8 Å². The topological polar surface area (TPSA) is 154 Å². The molecule has 1 fully saturated rings. The summed E-state index contributed by atoms with van der Waals surface area (Å²) in [7, 11) is -0.724. The first-order valence-corrected chi connectivity index (χ1v) is 15.9. The van der Waals surface area contributed by atoms with Gasteiger partial charge >= 0.3 is 6.03 Å². The van der Waals surface area contributed by atoms with Crippen LogP contribution in [0.25, 0.3) is 0 Å². The number of anilines is 4. The van der Waals surface area contributed by atoms with Crippen LogP contribution in [0.4, 0.5) is 32.2 Å². The zero-order valence-electron chi connectivity index (χ0n) is 25.9. The Hall–Kier alpha value is -5.41. The molecule has 2 aromatic heterocycles. The number of imide groups is 1. The van der Waals surface area contributed by atoms with Gasteiger partial charge in [-0.1, -0.05) is 0 Å². The number of benzene rings is 2. The third-order valence-corrected chi connectivity index (χ3v) is 9.02. The predicted octanol–water partition coefficient (Wildman–Crippen LogP) is 4.83. The highest BCUT2D eigenvalue weighted by Crippen LogP contribution is 2.28. The molecule has 1 saturated heterocycles. The Morgan fingerprint density at radius 3 is 2.28 bits per heavy atom. The van der Waals surface area contributed by atoms with Gasteiger partial charge in [-0.25, -0.2) is 36.8 Å². The van der Waals surface area contributed by atoms with E-state index in [1.807, 2.05) is 0 Å². The fraction of sp³-hybridized carbons (Fsp3) is 0.219. The third kappa shape index (κ3) is 7.37. The minimum atomic E-state index is -3.60. The Bertz CT molecular complexity index is 1890. The molecule has 15 heteroatoms. The summed E-state index contributed by atoms with van der Waals surface area (Å²) in [6.07, 6.45) is 2.78. The van der Waals surface area contributed by atoms with E-state index in [0.29, 0.717) is 28.8 Å². The number of amides is 4. The maximum atomic E-state index is 13.5. The van der Waals surface area contributed by atoms with Crippen molar-refractivity contribution in [3.8, 4) is 11.5 Å². The molecular weight excluding hydrogens is 629 g/mol. The van der Waals surface area contributed by atoms with Crippen molar-refractivity contribution in [1.29, 1.82) is 0 Å². The zero-order valence-corrected chi connectivity index (χ0v) is 26.7. The van der Waals surface area contributed by atoms with Crippen molar-refractivity contribution >= 4 is 50.9 Å². The van der Waals surface area contributed by atoms with E-state index in [-0.39, 0.29) is 23.2 Å². The van der Waals surface area contributed by atoms with Crippen molar-refractivity contribution in [3.05, 3.63) is 91.0 Å². The molecule has 2 N–H and O–H groups in total. The first-order chi connectivity index (χ1) is 22.3. The second kappa shape index (κ2) is 13.5. The number of carbonyl (C=O) groups excluding carboxylic acids is 3. The molecule has 5 rings (SSSR count). The summed E-state index contributed by atoms with van der Waals surface area (Å²) < 4.78 is 45.1. The van der Waals surface area contributed by atoms with E-state index >= 15 is 0 Å². The number of hydrogen-bond donors (Lipinski definition) is 2. The van der Waals surface area contributed by atoms with Crippen LogP contribution in [0, 0.1) is 11.7 Å². The van der Waals surface area contributed by atoms with Gasteiger partial charge in [0.05, 0.1) is 5.69 Å². The van der Waals surface area contributed by atoms with Gasteiger partial charge in [0.25, 0.3) is 0 Å². The monoisotopic (exact) mass is 661 g/mol. The molecular formula is C32H32FN7O6S. The molecule has 0 bridgehead atoms. The van der Waals surface area contributed by atoms with Gasteiger partial charge in [0.15, 0.2) is 0 Å². The van der Waals surface area contributed by atoms with Crippen LogP contribution in [-0.2, 0) is 19.6 Å². The largest absolute Gasteiger partial charge is 0.457 e. The number of nitrogens with zero attached hydrogens (tertiary/aromatic N) is 5. The molecule has 1 atom stereocenters. The molecule has 13 nitrogen and oxygen atoms in total. The number of pyridine rings is 2. The Labute approximate surface area is 271 Å². The lowest BCUT2D eigenvalue weighted by molar-refractivity contribution is -0.132. The maximum Gasteiger partial charge on any atom is 0.331 e. The van der Waals surface area contributed by atoms with Crippen molar-refractivity contribution in [3.63, 3.8) is 0 Å². The number of nitrogens with one attached hydrogen (secondary N) is 2. The first kappa shape index (κ1) is 33.0. The van der Waals surface area contributed by atoms with Crippen LogP contribution in [0.1, 0.15) is 13.8 Å². The van der Waals surface area contributed by atoms with Crippen molar-refractivity contribution in [2.75, 3.05) is 36.2 Å². The summed E-state index contributed by atoms with van der Waals surface area (Å²) in [6.45, 7) is 3.45. The fourth-order valence-electron chi connectivity index (χ4n) is 4.65. The zero-order chi connectivity index (χ0) is 33.9. The number of ether oxygens (including phenoxy) is 1. The molecule has 4 amide bonds. The highest BCUT2D eigenvalue weighted by Gasteiger charge is 2.44. The molecule has 47 heavy (non-hydrogen) atoms. The lowest BCUT2D eigenvalue weighted by Gasteiger charge is -2.39. The third-order valence-electron chi connectivity index (χ3n) is 7.22. The van der Waals surface area contributed by atoms with E-state index in [1.54, 1.807) is 50.2 Å². The normalized spacial score (nSPS) is 15.3. The standard InChI is InChI=1S/C32H32FN7O6S/c1-20(2)39-19-27(31(42)40(32(39)43)23-9-5-21(33)6-10-23)30(41)36-22-7-11-24(12-8-22)46-25-15-16-34-29(17-25)37-28-14-13-26(18-35-28)47(44,45)38(3)4/h5-18,20,27H,19H2,1-4H3,(H,36,41)(H,34,35,37). The SMILES string of the molecule is CC(C)N1CC(C(=O)Nc2ccc(Oc3ccnc(Nc4ccc(S(=O)(=O)N(C)C)cn4)c3)cc2)C(=O)N(c2ccc(F)cc2)C1=O. The summed E-state index contributed by atoms with van der Waals surface area (Å²) in [4.78, 5) is 50.6. The Balaban J connectivity index is 1.24. The minimum Gasteiger partial charge on any atom is -0.457 e. The van der Waals surface area contributed by atoms with Crippen LogP contribution in [-0.4, -0.2) is 72.1 Å². The van der Waals surface area contributed by atoms with E-state index in [1.165, 1.54) is 55.7 Å². The number of carbonyl (C=O) groups is 3. The number of halogens is 1. The highest BCUT2D eigenvalue weighted by molar-refractivity contribution is 7.89. The van der Waals surface area contributed by atoms with Crippen LogP contribution in [0.5, 0.6) is 11.5 Å². The average Bonchev–Trinajstić information content (AvgIpc) is 3.03. The molecule has 3 heterocycles. The molecule has 4 aromatic rings. The van der Waals surface area contributed by atoms with Gasteiger partial charge in [0, 0.05) is 50.8 Å². The quantitative estimate of drug-likeness (QED) is 0.227. The molecule has 0 aliphatic carbocycles. The van der Waals surface area contributed by atoms with Crippen LogP contribution in [0.3, 0.4) is 0 Å². The fourth-order valence-corrected chi connectivity index (χ4v) is 5.50. The van der Waals surface area contributed by atoms with Crippen LogP contribution >= 0.6 is 0 Å². The average molecular weight is 662 g/mol. The molecule has 1 aliphatic rings. The van der Waals surface area contributed by atoms with Gasteiger partial charge in [-0.15, -0.1) is 0 Å². The first-order valence-electron chi connectivity index (χ1n) is 14.4. The van der Waals surface area contributed by atoms with Gasteiger partial charge in [-0.2, -0.15) is 0 Å². The van der Waals surface area contributed by atoms with Crippen molar-refractivity contribution < 1.29 is 31.9 Å². The molecule has 244 valence electrons. The molecule has 0 spiro atoms. The molecule has 1 unspecified atom stereocenters. The maximum absolute atomic E-state index is 13.5. The summed E-state index contributed by atoms with van der Waals surface area (Å²) >= 11 is 0. The summed E-state index contributed by atoms with van der Waals surface area (Å²) in [5.41, 5.74) is 0.574. The summed E-state index contributed by atoms with van der Waals surface area (Å²) in [5.74, 6) is -1.34. The second-order valence-corrected chi connectivity index (χ2v) is 13.2. The Morgan fingerprint density at radius 1 is 0.957 bits per heavy atom. The van der Waals surface area contributed by atoms with Crippen LogP contribution < -0.4 is 20.3 Å². The van der Waals surface area contributed by atoms with E-state index < -0.39 is 39.6 Å². The molecule has 1 aliphatic heterocycles. The Kier molecular flexibility index (Phi) is 9.49. The van der Waals surface area contributed by atoms with Gasteiger partial charge in [-0.05, 0) is 80.6 Å². The number of sulfonamides is 1. The van der Waals surface area contributed by atoms with E-state index in [4.69, 9.17) is 4.74 Å². The van der Waals surface area contributed by atoms with Crippen LogP contribution in [0.15, 0.2) is 90.1 Å². The number of urea groups is 1. The van der Waals surface area contributed by atoms with E-state index in [9.17, 15) is 27.2 Å². The van der Waals surface area contributed by atoms with Crippen LogP contribution in [0.2, 0.25) is 0 Å². The lowest BCUT2D eigenvalue weighted by Crippen LogP contribution is -2.61. The van der Waals surface area contributed by atoms with Gasteiger partial charge < -0.3 is 20.3 Å². The molecule has 0 saturated carbocycles. The smallest absolute Gasteiger partial charge is 0.331 e. The van der Waals surface area contributed by atoms with E-state index in [0.717, 1.165) is 21.3 Å². The Morgan fingerprint density at radius 2 is 1.66 bits per heavy atom. The van der Waals surface area contributed by atoms with Crippen molar-refractivity contribution in [2.24, 2.45) is 5.92 Å². The lowest BCUT2D eigenvalue weighted by atomic mass is 10.0. The van der Waals surface area contributed by atoms with Gasteiger partial charge in [0.2, 0.25) is 21.8 Å². The molecule has 0 radical (unpaired) electrons. The van der Waals surface area contributed by atoms with E-state index in [2.05, 4.69) is 20.6 Å². The number of rotatable bonds is 10. The van der Waals surface area contributed by atoms with Crippen molar-refractivity contribution in [2.45, 2.75) is 24.8 Å². The van der Waals surface area contributed by atoms with Gasteiger partial charge in [-0.3, -0.25) is 9.59 Å². The number of hydrogen-bond acceptors (Lipinski definition) is 9. The number of aromatic nitrogens is 2. The molecule has 2 aromatic carbocycles. The summed E-state index contributed by atoms with van der Waals surface area (Å²) in [5, 5.41) is 5.74. The summed E-state index contributed by atoms with van der Waals surface area (Å²) in [6, 6.07) is 16.8. The van der Waals surface area contributed by atoms with Crippen molar-refractivity contribution in [1.82, 2.24) is 19.2 Å². The minimum absolute atomic E-state index is 0.0580.